The molecule has 0 bridgehead atoms. The molecule has 0 saturated carbocycles. The van der Waals surface area contributed by atoms with Crippen molar-refractivity contribution >= 4 is 17.7 Å². The number of amides is 1. The van der Waals surface area contributed by atoms with Gasteiger partial charge in [0.15, 0.2) is 0 Å². The van der Waals surface area contributed by atoms with Crippen LogP contribution >= 0.6 is 11.8 Å². The van der Waals surface area contributed by atoms with E-state index in [9.17, 15) is 4.79 Å². The first-order valence-corrected chi connectivity index (χ1v) is 6.41. The van der Waals surface area contributed by atoms with Crippen molar-refractivity contribution < 1.29 is 4.79 Å². The average Bonchev–Trinajstić information content (AvgIpc) is 2.73. The molecule has 0 aliphatic rings. The molecule has 1 aromatic heterocycles. The summed E-state index contributed by atoms with van der Waals surface area (Å²) in [5.41, 5.74) is 0. The lowest BCUT2D eigenvalue weighted by Crippen LogP contribution is -2.31. The number of aromatic nitrogens is 3. The van der Waals surface area contributed by atoms with E-state index in [-0.39, 0.29) is 11.2 Å². The number of hydrogen-bond acceptors (Lipinski definition) is 4. The van der Waals surface area contributed by atoms with Gasteiger partial charge in [0.05, 0.1) is 5.25 Å². The van der Waals surface area contributed by atoms with E-state index < -0.39 is 0 Å². The van der Waals surface area contributed by atoms with Gasteiger partial charge in [-0.05, 0) is 13.3 Å². The quantitative estimate of drug-likeness (QED) is 0.739. The predicted octanol–water partition coefficient (Wildman–Crippen LogP) is 1.37. The fraction of sp³-hybridized carbons (Fsp3) is 0.700. The standard InChI is InChI=1S/C10H18N4OS/c1-4-6-11-9(15)7(3)16-10-12-8(5-2)13-14-10/h7H,4-6H2,1-3H3,(H,11,15)(H,12,13,14)/t7-/m1/s1. The molecule has 90 valence electrons. The van der Waals surface area contributed by atoms with E-state index in [1.807, 2.05) is 20.8 Å². The molecule has 0 saturated heterocycles. The first-order valence-electron chi connectivity index (χ1n) is 5.53. The Morgan fingerprint density at radius 1 is 1.56 bits per heavy atom. The Morgan fingerprint density at radius 3 is 2.88 bits per heavy atom. The van der Waals surface area contributed by atoms with E-state index in [4.69, 9.17) is 0 Å². The second kappa shape index (κ2) is 6.52. The number of nitrogens with zero attached hydrogens (tertiary/aromatic N) is 2. The summed E-state index contributed by atoms with van der Waals surface area (Å²) >= 11 is 1.37. The Morgan fingerprint density at radius 2 is 2.31 bits per heavy atom. The molecule has 16 heavy (non-hydrogen) atoms. The van der Waals surface area contributed by atoms with Gasteiger partial charge in [0, 0.05) is 13.0 Å². The van der Waals surface area contributed by atoms with Gasteiger partial charge in [-0.25, -0.2) is 4.98 Å². The van der Waals surface area contributed by atoms with E-state index in [1.165, 1.54) is 11.8 Å². The van der Waals surface area contributed by atoms with Crippen LogP contribution in [0, 0.1) is 0 Å². The summed E-state index contributed by atoms with van der Waals surface area (Å²) in [5.74, 6) is 0.887. The lowest BCUT2D eigenvalue weighted by atomic mass is 10.4. The molecule has 0 aromatic carbocycles. The minimum atomic E-state index is -0.160. The van der Waals surface area contributed by atoms with Crippen molar-refractivity contribution in [1.82, 2.24) is 20.5 Å². The molecule has 0 spiro atoms. The smallest absolute Gasteiger partial charge is 0.233 e. The number of H-pyrrole nitrogens is 1. The molecule has 2 N–H and O–H groups in total. The molecule has 0 fully saturated rings. The lowest BCUT2D eigenvalue weighted by Gasteiger charge is -2.08. The monoisotopic (exact) mass is 242 g/mol. The molecular weight excluding hydrogens is 224 g/mol. The van der Waals surface area contributed by atoms with Crippen molar-refractivity contribution in [3.8, 4) is 0 Å². The third-order valence-electron chi connectivity index (χ3n) is 2.05. The van der Waals surface area contributed by atoms with Gasteiger partial charge in [-0.15, -0.1) is 5.10 Å². The molecule has 1 rings (SSSR count). The third kappa shape index (κ3) is 3.84. The van der Waals surface area contributed by atoms with Crippen molar-refractivity contribution in [2.45, 2.75) is 44.0 Å². The van der Waals surface area contributed by atoms with Gasteiger partial charge >= 0.3 is 0 Å². The number of carbonyl (C=O) groups is 1. The second-order valence-corrected chi connectivity index (χ2v) is 4.78. The Hall–Kier alpha value is -1.04. The molecule has 6 heteroatoms. The van der Waals surface area contributed by atoms with Crippen LogP contribution in [0.2, 0.25) is 0 Å². The van der Waals surface area contributed by atoms with E-state index in [1.54, 1.807) is 0 Å². The minimum absolute atomic E-state index is 0.0368. The van der Waals surface area contributed by atoms with Gasteiger partial charge in [0.2, 0.25) is 11.1 Å². The lowest BCUT2D eigenvalue weighted by molar-refractivity contribution is -0.120. The van der Waals surface area contributed by atoms with Crippen LogP contribution in [0.15, 0.2) is 5.16 Å². The number of aromatic amines is 1. The number of nitrogens with one attached hydrogen (secondary N) is 2. The highest BCUT2D eigenvalue weighted by molar-refractivity contribution is 8.00. The summed E-state index contributed by atoms with van der Waals surface area (Å²) in [6.45, 7) is 6.61. The molecule has 0 radical (unpaired) electrons. The summed E-state index contributed by atoms with van der Waals surface area (Å²) in [6, 6.07) is 0. The molecular formula is C10H18N4OS. The van der Waals surface area contributed by atoms with Crippen LogP contribution in [0.3, 0.4) is 0 Å². The van der Waals surface area contributed by atoms with E-state index in [0.29, 0.717) is 5.16 Å². The molecule has 1 aromatic rings. The van der Waals surface area contributed by atoms with Gasteiger partial charge in [0.1, 0.15) is 5.82 Å². The highest BCUT2D eigenvalue weighted by atomic mass is 32.2. The van der Waals surface area contributed by atoms with Gasteiger partial charge < -0.3 is 5.32 Å². The molecule has 0 aliphatic carbocycles. The number of aryl methyl sites for hydroxylation is 1. The Labute approximate surface area is 99.8 Å². The maximum atomic E-state index is 11.6. The minimum Gasteiger partial charge on any atom is -0.355 e. The van der Waals surface area contributed by atoms with Crippen LogP contribution in [0.25, 0.3) is 0 Å². The molecule has 1 atom stereocenters. The second-order valence-electron chi connectivity index (χ2n) is 3.47. The van der Waals surface area contributed by atoms with E-state index >= 15 is 0 Å². The van der Waals surface area contributed by atoms with Crippen molar-refractivity contribution in [3.05, 3.63) is 5.82 Å². The maximum absolute atomic E-state index is 11.6. The number of carbonyl (C=O) groups excluding carboxylic acids is 1. The summed E-state index contributed by atoms with van der Waals surface area (Å²) in [5, 5.41) is 10.2. The Kier molecular flexibility index (Phi) is 5.31. The summed E-state index contributed by atoms with van der Waals surface area (Å²) in [7, 11) is 0. The normalized spacial score (nSPS) is 12.4. The number of thioether (sulfide) groups is 1. The molecule has 0 unspecified atom stereocenters. The highest BCUT2D eigenvalue weighted by Gasteiger charge is 2.15. The molecule has 0 aliphatic heterocycles. The first kappa shape index (κ1) is 13.0. The fourth-order valence-corrected chi connectivity index (χ4v) is 1.86. The van der Waals surface area contributed by atoms with Gasteiger partial charge in [-0.3, -0.25) is 9.89 Å². The molecule has 1 heterocycles. The Bertz CT molecular complexity index is 339. The van der Waals surface area contributed by atoms with Gasteiger partial charge in [-0.1, -0.05) is 25.6 Å². The average molecular weight is 242 g/mol. The van der Waals surface area contributed by atoms with Crippen LogP contribution < -0.4 is 5.32 Å². The first-order chi connectivity index (χ1) is 7.67. The highest BCUT2D eigenvalue weighted by Crippen LogP contribution is 2.18. The topological polar surface area (TPSA) is 70.7 Å². The van der Waals surface area contributed by atoms with Crippen molar-refractivity contribution in [3.63, 3.8) is 0 Å². The van der Waals surface area contributed by atoms with E-state index in [2.05, 4.69) is 20.5 Å². The van der Waals surface area contributed by atoms with Crippen LogP contribution in [0.1, 0.15) is 33.0 Å². The Balaban J connectivity index is 2.43. The van der Waals surface area contributed by atoms with Crippen LogP contribution in [0.5, 0.6) is 0 Å². The van der Waals surface area contributed by atoms with Gasteiger partial charge in [-0.2, -0.15) is 0 Å². The molecule has 1 amide bonds. The SMILES string of the molecule is CCCNC(=O)[C@@H](C)Sc1n[nH]c(CC)n1. The van der Waals surface area contributed by atoms with Crippen LogP contribution in [-0.4, -0.2) is 32.9 Å². The summed E-state index contributed by atoms with van der Waals surface area (Å²) < 4.78 is 0. The van der Waals surface area contributed by atoms with Crippen LogP contribution in [-0.2, 0) is 11.2 Å². The van der Waals surface area contributed by atoms with Crippen molar-refractivity contribution in [1.29, 1.82) is 0 Å². The zero-order valence-electron chi connectivity index (χ0n) is 9.91. The van der Waals surface area contributed by atoms with Gasteiger partial charge in [0.25, 0.3) is 0 Å². The zero-order chi connectivity index (χ0) is 12.0. The zero-order valence-corrected chi connectivity index (χ0v) is 10.7. The molecule has 5 nitrogen and oxygen atoms in total. The number of rotatable bonds is 6. The number of hydrogen-bond donors (Lipinski definition) is 2. The van der Waals surface area contributed by atoms with Crippen LogP contribution in [0.4, 0.5) is 0 Å². The summed E-state index contributed by atoms with van der Waals surface area (Å²) in [4.78, 5) is 15.8. The largest absolute Gasteiger partial charge is 0.355 e. The fourth-order valence-electron chi connectivity index (χ4n) is 1.09. The van der Waals surface area contributed by atoms with Crippen molar-refractivity contribution in [2.24, 2.45) is 0 Å². The predicted molar refractivity (Wildman–Crippen MR) is 64.4 cm³/mol. The van der Waals surface area contributed by atoms with E-state index in [0.717, 1.165) is 25.2 Å². The summed E-state index contributed by atoms with van der Waals surface area (Å²) in [6.07, 6.45) is 1.77. The maximum Gasteiger partial charge on any atom is 0.233 e. The third-order valence-corrected chi connectivity index (χ3v) is 3.01. The van der Waals surface area contributed by atoms with Crippen molar-refractivity contribution in [2.75, 3.05) is 6.54 Å².